The summed E-state index contributed by atoms with van der Waals surface area (Å²) in [4.78, 5) is 4.56. The Morgan fingerprint density at radius 3 is 2.94 bits per heavy atom. The maximum atomic E-state index is 6.18. The van der Waals surface area contributed by atoms with E-state index < -0.39 is 0 Å². The average molecular weight is 332 g/mol. The zero-order valence-corrected chi connectivity index (χ0v) is 12.5. The molecule has 0 aliphatic rings. The topological polar surface area (TPSA) is 38.9 Å². The number of hydrogen-bond acceptors (Lipinski definition) is 3. The zero-order valence-electron chi connectivity index (χ0n) is 9.34. The maximum absolute atomic E-state index is 6.18. The average Bonchev–Trinajstić information content (AvgIpc) is 2.64. The van der Waals surface area contributed by atoms with E-state index in [9.17, 15) is 0 Å². The van der Waals surface area contributed by atoms with Gasteiger partial charge in [-0.2, -0.15) is 0 Å². The van der Waals surface area contributed by atoms with Crippen molar-refractivity contribution in [3.63, 3.8) is 0 Å². The number of halogens is 2. The Bertz CT molecular complexity index is 539. The number of aromatic nitrogens is 1. The van der Waals surface area contributed by atoms with Gasteiger partial charge in [0.1, 0.15) is 10.7 Å². The van der Waals surface area contributed by atoms with E-state index in [2.05, 4.69) is 27.8 Å². The molecule has 0 atom stereocenters. The van der Waals surface area contributed by atoms with Crippen LogP contribution in [0.1, 0.15) is 18.4 Å². The molecule has 2 rings (SSSR count). The molecule has 0 spiro atoms. The van der Waals surface area contributed by atoms with E-state index in [0.29, 0.717) is 5.02 Å². The number of benzene rings is 1. The van der Waals surface area contributed by atoms with Crippen molar-refractivity contribution < 1.29 is 0 Å². The van der Waals surface area contributed by atoms with Crippen molar-refractivity contribution in [3.8, 4) is 11.3 Å². The Hall–Kier alpha value is -0.580. The fraction of sp³-hybridized carbons (Fsp3) is 0.250. The van der Waals surface area contributed by atoms with Crippen LogP contribution in [0, 0.1) is 0 Å². The quantitative estimate of drug-likeness (QED) is 0.880. The third kappa shape index (κ3) is 2.81. The first-order valence-electron chi connectivity index (χ1n) is 5.32. The summed E-state index contributed by atoms with van der Waals surface area (Å²) in [5, 5.41) is 2.47. The molecule has 1 aromatic heterocycles. The van der Waals surface area contributed by atoms with Crippen LogP contribution >= 0.6 is 38.9 Å². The molecule has 0 unspecified atom stereocenters. The smallest absolute Gasteiger partial charge is 0.114 e. The number of nitrogens with two attached hydrogens (primary N) is 1. The Balaban J connectivity index is 2.48. The summed E-state index contributed by atoms with van der Waals surface area (Å²) in [6, 6.07) is 5.70. The minimum absolute atomic E-state index is 0.674. The highest BCUT2D eigenvalue weighted by Crippen LogP contribution is 2.36. The predicted octanol–water partition coefficient (Wildman–Crippen LogP) is 4.76. The van der Waals surface area contributed by atoms with Gasteiger partial charge in [-0.15, -0.1) is 11.3 Å². The SMILES string of the molecule is CCCc1nc(-c2cc(Br)ccc2Cl)c(N)s1. The van der Waals surface area contributed by atoms with Crippen molar-refractivity contribution in [1.82, 2.24) is 4.98 Å². The van der Waals surface area contributed by atoms with Gasteiger partial charge in [0.2, 0.25) is 0 Å². The normalized spacial score (nSPS) is 10.8. The molecule has 0 aliphatic heterocycles. The standard InChI is InChI=1S/C12H12BrClN2S/c1-2-3-10-16-11(12(15)17-10)8-6-7(13)4-5-9(8)14/h4-6H,2-3,15H2,1H3. The summed E-state index contributed by atoms with van der Waals surface area (Å²) in [6.45, 7) is 2.13. The van der Waals surface area contributed by atoms with E-state index in [4.69, 9.17) is 17.3 Å². The zero-order chi connectivity index (χ0) is 12.4. The van der Waals surface area contributed by atoms with Crippen LogP contribution in [0.2, 0.25) is 5.02 Å². The first-order valence-corrected chi connectivity index (χ1v) is 7.31. The van der Waals surface area contributed by atoms with E-state index in [1.54, 1.807) is 11.3 Å². The Kier molecular flexibility index (Phi) is 4.07. The van der Waals surface area contributed by atoms with E-state index in [1.807, 2.05) is 18.2 Å². The highest BCUT2D eigenvalue weighted by atomic mass is 79.9. The van der Waals surface area contributed by atoms with Gasteiger partial charge in [-0.25, -0.2) is 4.98 Å². The summed E-state index contributed by atoms with van der Waals surface area (Å²) in [7, 11) is 0. The Labute approximate surface area is 118 Å². The highest BCUT2D eigenvalue weighted by molar-refractivity contribution is 9.10. The fourth-order valence-corrected chi connectivity index (χ4v) is 3.09. The summed E-state index contributed by atoms with van der Waals surface area (Å²) >= 11 is 11.2. The molecule has 0 aliphatic carbocycles. The van der Waals surface area contributed by atoms with E-state index in [0.717, 1.165) is 38.6 Å². The molecule has 2 aromatic rings. The molecular weight excluding hydrogens is 320 g/mol. The number of nitrogens with zero attached hydrogens (tertiary/aromatic N) is 1. The third-order valence-electron chi connectivity index (χ3n) is 2.35. The Morgan fingerprint density at radius 2 is 2.24 bits per heavy atom. The fourth-order valence-electron chi connectivity index (χ4n) is 1.57. The largest absolute Gasteiger partial charge is 0.389 e. The van der Waals surface area contributed by atoms with Crippen LogP contribution in [-0.4, -0.2) is 4.98 Å². The van der Waals surface area contributed by atoms with Crippen LogP contribution in [-0.2, 0) is 6.42 Å². The van der Waals surface area contributed by atoms with Gasteiger partial charge in [-0.1, -0.05) is 34.5 Å². The molecule has 0 bridgehead atoms. The molecule has 0 fully saturated rings. The predicted molar refractivity (Wildman–Crippen MR) is 78.7 cm³/mol. The molecule has 90 valence electrons. The van der Waals surface area contributed by atoms with Gasteiger partial charge in [0, 0.05) is 10.0 Å². The van der Waals surface area contributed by atoms with E-state index in [1.165, 1.54) is 0 Å². The van der Waals surface area contributed by atoms with E-state index in [-0.39, 0.29) is 0 Å². The van der Waals surface area contributed by atoms with Gasteiger partial charge in [0.15, 0.2) is 0 Å². The number of nitrogen functional groups attached to an aromatic ring is 1. The van der Waals surface area contributed by atoms with Gasteiger partial charge >= 0.3 is 0 Å². The molecule has 1 aromatic carbocycles. The second kappa shape index (κ2) is 5.38. The molecule has 17 heavy (non-hydrogen) atoms. The monoisotopic (exact) mass is 330 g/mol. The van der Waals surface area contributed by atoms with Crippen molar-refractivity contribution in [1.29, 1.82) is 0 Å². The lowest BCUT2D eigenvalue weighted by molar-refractivity contribution is 0.910. The molecule has 5 heteroatoms. The van der Waals surface area contributed by atoms with E-state index >= 15 is 0 Å². The van der Waals surface area contributed by atoms with Crippen molar-refractivity contribution in [3.05, 3.63) is 32.7 Å². The summed E-state index contributed by atoms with van der Waals surface area (Å²) in [5.41, 5.74) is 7.69. The van der Waals surface area contributed by atoms with Gasteiger partial charge in [-0.05, 0) is 31.0 Å². The summed E-state index contributed by atoms with van der Waals surface area (Å²) in [6.07, 6.45) is 2.03. The number of hydrogen-bond donors (Lipinski definition) is 1. The third-order valence-corrected chi connectivity index (χ3v) is 4.11. The molecule has 0 radical (unpaired) electrons. The Morgan fingerprint density at radius 1 is 1.47 bits per heavy atom. The number of aryl methyl sites for hydroxylation is 1. The molecular formula is C12H12BrClN2S. The molecule has 2 N–H and O–H groups in total. The number of anilines is 1. The number of thiazole rings is 1. The van der Waals surface area contributed by atoms with Gasteiger partial charge < -0.3 is 5.73 Å². The lowest BCUT2D eigenvalue weighted by Gasteiger charge is -2.02. The van der Waals surface area contributed by atoms with Gasteiger partial charge in [0.05, 0.1) is 10.0 Å². The van der Waals surface area contributed by atoms with Gasteiger partial charge in [-0.3, -0.25) is 0 Å². The van der Waals surface area contributed by atoms with Crippen LogP contribution in [0.3, 0.4) is 0 Å². The summed E-state index contributed by atoms with van der Waals surface area (Å²) < 4.78 is 0.973. The minimum atomic E-state index is 0.674. The van der Waals surface area contributed by atoms with Crippen molar-refractivity contribution in [2.75, 3.05) is 5.73 Å². The molecule has 2 nitrogen and oxygen atoms in total. The van der Waals surface area contributed by atoms with Crippen molar-refractivity contribution in [2.45, 2.75) is 19.8 Å². The second-order valence-corrected chi connectivity index (χ2v) is 6.13. The number of rotatable bonds is 3. The minimum Gasteiger partial charge on any atom is -0.389 e. The molecule has 1 heterocycles. The first kappa shape index (κ1) is 12.9. The molecule has 0 amide bonds. The maximum Gasteiger partial charge on any atom is 0.114 e. The van der Waals surface area contributed by atoms with Gasteiger partial charge in [0.25, 0.3) is 0 Å². The lowest BCUT2D eigenvalue weighted by Crippen LogP contribution is -1.87. The second-order valence-electron chi connectivity index (χ2n) is 3.69. The van der Waals surface area contributed by atoms with Crippen LogP contribution in [0.25, 0.3) is 11.3 Å². The molecule has 0 saturated carbocycles. The van der Waals surface area contributed by atoms with Crippen LogP contribution < -0.4 is 5.73 Å². The van der Waals surface area contributed by atoms with Crippen LogP contribution in [0.15, 0.2) is 22.7 Å². The van der Waals surface area contributed by atoms with Crippen LogP contribution in [0.4, 0.5) is 5.00 Å². The highest BCUT2D eigenvalue weighted by Gasteiger charge is 2.13. The van der Waals surface area contributed by atoms with Crippen molar-refractivity contribution >= 4 is 43.9 Å². The molecule has 0 saturated heterocycles. The van der Waals surface area contributed by atoms with Crippen LogP contribution in [0.5, 0.6) is 0 Å². The lowest BCUT2D eigenvalue weighted by atomic mass is 10.1. The first-order chi connectivity index (χ1) is 8.11. The summed E-state index contributed by atoms with van der Waals surface area (Å²) in [5.74, 6) is 0. The van der Waals surface area contributed by atoms with Crippen molar-refractivity contribution in [2.24, 2.45) is 0 Å².